The van der Waals surface area contributed by atoms with Crippen molar-refractivity contribution in [2.75, 3.05) is 7.11 Å². The van der Waals surface area contributed by atoms with Crippen LogP contribution in [0.3, 0.4) is 0 Å². The van der Waals surface area contributed by atoms with Crippen molar-refractivity contribution in [1.82, 2.24) is 0 Å². The fourth-order valence-electron chi connectivity index (χ4n) is 5.48. The minimum Gasteiger partial charge on any atom is -0.469 e. The van der Waals surface area contributed by atoms with Gasteiger partial charge in [0.25, 0.3) is 0 Å². The molecule has 0 aromatic rings. The summed E-state index contributed by atoms with van der Waals surface area (Å²) in [7, 11) is 1.44. The summed E-state index contributed by atoms with van der Waals surface area (Å²) in [4.78, 5) is 24.4. The highest BCUT2D eigenvalue weighted by Crippen LogP contribution is 2.24. The second-order valence-corrected chi connectivity index (χ2v) is 12.0. The molecule has 0 radical (unpaired) electrons. The van der Waals surface area contributed by atoms with Gasteiger partial charge in [0.05, 0.1) is 13.0 Å². The van der Waals surface area contributed by atoms with Gasteiger partial charge >= 0.3 is 11.9 Å². The van der Waals surface area contributed by atoms with Crippen LogP contribution in [0.5, 0.6) is 0 Å². The molecule has 0 amide bonds. The Morgan fingerprint density at radius 3 is 1.32 bits per heavy atom. The predicted octanol–water partition coefficient (Wildman–Crippen LogP) is 11.6. The monoisotopic (exact) mass is 577 g/mol. The van der Waals surface area contributed by atoms with Crippen LogP contribution in [0.4, 0.5) is 0 Å². The van der Waals surface area contributed by atoms with Gasteiger partial charge in [0.2, 0.25) is 0 Å². The smallest absolute Gasteiger partial charge is 0.312 e. The lowest BCUT2D eigenvalue weighted by Crippen LogP contribution is -2.33. The van der Waals surface area contributed by atoms with Crippen molar-refractivity contribution in [3.63, 3.8) is 0 Å². The third kappa shape index (κ3) is 27.0. The van der Waals surface area contributed by atoms with E-state index in [2.05, 4.69) is 38.2 Å². The topological polar surface area (TPSA) is 52.6 Å². The molecule has 4 heteroatoms. The normalized spacial score (nSPS) is 13.2. The molecule has 2 atom stereocenters. The molecule has 0 rings (SSSR count). The lowest BCUT2D eigenvalue weighted by molar-refractivity contribution is -0.160. The molecule has 0 saturated heterocycles. The Bertz CT molecular complexity index is 639. The number of hydrogen-bond acceptors (Lipinski definition) is 4. The molecule has 0 saturated carbocycles. The van der Waals surface area contributed by atoms with E-state index in [0.29, 0.717) is 0 Å². The molecule has 0 aromatic carbocycles. The van der Waals surface area contributed by atoms with Crippen LogP contribution in [0.1, 0.15) is 181 Å². The molecule has 0 aliphatic heterocycles. The van der Waals surface area contributed by atoms with E-state index in [-0.39, 0.29) is 24.0 Å². The van der Waals surface area contributed by atoms with Crippen LogP contribution >= 0.6 is 0 Å². The van der Waals surface area contributed by atoms with E-state index in [1.807, 2.05) is 0 Å². The Balaban J connectivity index is 4.15. The van der Waals surface area contributed by atoms with Crippen LogP contribution in [0.2, 0.25) is 0 Å². The van der Waals surface area contributed by atoms with Crippen LogP contribution in [-0.2, 0) is 19.1 Å². The lowest BCUT2D eigenvalue weighted by atomic mass is 9.91. The van der Waals surface area contributed by atoms with Crippen molar-refractivity contribution >= 4 is 11.9 Å². The SMILES string of the molecule is CCCCCCC=CCCCCCCC(C(=O)OC)C(CCCCCCCC=CCCCCCCCC)OC(C)=O. The third-order valence-corrected chi connectivity index (χ3v) is 8.05. The van der Waals surface area contributed by atoms with Gasteiger partial charge in [0.1, 0.15) is 6.10 Å². The summed E-state index contributed by atoms with van der Waals surface area (Å²) in [6.07, 6.45) is 38.8. The zero-order valence-corrected chi connectivity index (χ0v) is 27.8. The largest absolute Gasteiger partial charge is 0.469 e. The summed E-state index contributed by atoms with van der Waals surface area (Å²) < 4.78 is 10.8. The number of hydrogen-bond donors (Lipinski definition) is 0. The summed E-state index contributed by atoms with van der Waals surface area (Å²) in [5.41, 5.74) is 0. The summed E-state index contributed by atoms with van der Waals surface area (Å²) in [5, 5.41) is 0. The number of esters is 2. The van der Waals surface area contributed by atoms with Crippen LogP contribution in [0, 0.1) is 5.92 Å². The first-order chi connectivity index (χ1) is 20.1. The Kier molecular flexibility index (Phi) is 30.1. The number of carbonyl (C=O) groups is 2. The van der Waals surface area contributed by atoms with Crippen molar-refractivity contribution < 1.29 is 19.1 Å². The van der Waals surface area contributed by atoms with Crippen molar-refractivity contribution in [1.29, 1.82) is 0 Å². The van der Waals surface area contributed by atoms with E-state index in [4.69, 9.17) is 9.47 Å². The van der Waals surface area contributed by atoms with Crippen LogP contribution in [0.25, 0.3) is 0 Å². The second kappa shape index (κ2) is 31.4. The van der Waals surface area contributed by atoms with E-state index in [9.17, 15) is 9.59 Å². The quantitative estimate of drug-likeness (QED) is 0.0485. The van der Waals surface area contributed by atoms with E-state index < -0.39 is 0 Å². The van der Waals surface area contributed by atoms with E-state index in [1.165, 1.54) is 130 Å². The molecular weight excluding hydrogens is 508 g/mol. The van der Waals surface area contributed by atoms with Gasteiger partial charge in [-0.05, 0) is 70.6 Å². The molecule has 0 aromatic heterocycles. The molecule has 240 valence electrons. The van der Waals surface area contributed by atoms with Gasteiger partial charge in [-0.1, -0.05) is 128 Å². The van der Waals surface area contributed by atoms with Crippen LogP contribution in [0.15, 0.2) is 24.3 Å². The Morgan fingerprint density at radius 2 is 0.902 bits per heavy atom. The summed E-state index contributed by atoms with van der Waals surface area (Å²) in [5.74, 6) is -0.906. The zero-order chi connectivity index (χ0) is 30.2. The molecule has 0 bridgehead atoms. The first kappa shape index (κ1) is 39.4. The molecule has 0 spiro atoms. The average Bonchev–Trinajstić information content (AvgIpc) is 2.96. The lowest BCUT2D eigenvalue weighted by Gasteiger charge is -2.25. The number of allylic oxidation sites excluding steroid dienone is 4. The molecule has 0 aliphatic carbocycles. The molecule has 0 heterocycles. The fraction of sp³-hybridized carbons (Fsp3) is 0.838. The minimum atomic E-state index is -0.375. The average molecular weight is 577 g/mol. The summed E-state index contributed by atoms with van der Waals surface area (Å²) >= 11 is 0. The predicted molar refractivity (Wildman–Crippen MR) is 176 cm³/mol. The molecule has 2 unspecified atom stereocenters. The Morgan fingerprint density at radius 1 is 0.537 bits per heavy atom. The van der Waals surface area contributed by atoms with Crippen molar-refractivity contribution in [3.8, 4) is 0 Å². The van der Waals surface area contributed by atoms with Crippen molar-refractivity contribution in [2.24, 2.45) is 5.92 Å². The molecule has 4 nitrogen and oxygen atoms in total. The maximum atomic E-state index is 12.6. The van der Waals surface area contributed by atoms with Crippen molar-refractivity contribution in [2.45, 2.75) is 187 Å². The zero-order valence-electron chi connectivity index (χ0n) is 27.8. The second-order valence-electron chi connectivity index (χ2n) is 12.0. The van der Waals surface area contributed by atoms with Gasteiger partial charge < -0.3 is 9.47 Å². The number of carbonyl (C=O) groups excluding carboxylic acids is 2. The van der Waals surface area contributed by atoms with Gasteiger partial charge in [0, 0.05) is 6.92 Å². The number of unbranched alkanes of at least 4 members (excludes halogenated alkanes) is 19. The summed E-state index contributed by atoms with van der Waals surface area (Å²) in [6.45, 7) is 5.96. The van der Waals surface area contributed by atoms with Crippen LogP contribution in [-0.4, -0.2) is 25.2 Å². The first-order valence-corrected chi connectivity index (χ1v) is 17.6. The van der Waals surface area contributed by atoms with Crippen molar-refractivity contribution in [3.05, 3.63) is 24.3 Å². The maximum absolute atomic E-state index is 12.6. The molecular formula is C37H68O4. The molecule has 0 fully saturated rings. The highest BCUT2D eigenvalue weighted by molar-refractivity contribution is 5.74. The molecule has 0 N–H and O–H groups in total. The number of methoxy groups -OCH3 is 1. The number of rotatable bonds is 30. The standard InChI is InChI=1S/C37H68O4/c1-5-7-9-11-13-15-17-19-20-21-23-25-27-29-31-33-36(41-34(3)38)35(37(39)40-4)32-30-28-26-24-22-18-16-14-12-10-8-6-2/h16,18-20,35-36H,5-15,17,21-33H2,1-4H3. The van der Waals surface area contributed by atoms with E-state index in [0.717, 1.165) is 44.9 Å². The van der Waals surface area contributed by atoms with Gasteiger partial charge in [-0.25, -0.2) is 0 Å². The number of ether oxygens (including phenoxy) is 2. The van der Waals surface area contributed by atoms with E-state index >= 15 is 0 Å². The highest BCUT2D eigenvalue weighted by Gasteiger charge is 2.30. The van der Waals surface area contributed by atoms with Crippen LogP contribution < -0.4 is 0 Å². The fourth-order valence-corrected chi connectivity index (χ4v) is 5.48. The highest BCUT2D eigenvalue weighted by atomic mass is 16.6. The van der Waals surface area contributed by atoms with Gasteiger partial charge in [-0.15, -0.1) is 0 Å². The Hall–Kier alpha value is -1.58. The first-order valence-electron chi connectivity index (χ1n) is 17.6. The van der Waals surface area contributed by atoms with Gasteiger partial charge in [-0.3, -0.25) is 9.59 Å². The van der Waals surface area contributed by atoms with Gasteiger partial charge in [0.15, 0.2) is 0 Å². The third-order valence-electron chi connectivity index (χ3n) is 8.05. The Labute approximate surface area is 255 Å². The minimum absolute atomic E-state index is 0.241. The maximum Gasteiger partial charge on any atom is 0.312 e. The summed E-state index contributed by atoms with van der Waals surface area (Å²) in [6, 6.07) is 0. The molecule has 0 aliphatic rings. The van der Waals surface area contributed by atoms with Gasteiger partial charge in [-0.2, -0.15) is 0 Å². The molecule has 41 heavy (non-hydrogen) atoms. The van der Waals surface area contributed by atoms with E-state index in [1.54, 1.807) is 0 Å².